The van der Waals surface area contributed by atoms with Crippen LogP contribution < -0.4 is 16.0 Å². The molecule has 0 aromatic heterocycles. The number of carbonyl (C=O) groups excluding carboxylic acids is 1. The first kappa shape index (κ1) is 16.3. The molecule has 0 fully saturated rings. The van der Waals surface area contributed by atoms with Crippen LogP contribution in [-0.2, 0) is 5.41 Å². The van der Waals surface area contributed by atoms with Crippen molar-refractivity contribution in [3.63, 3.8) is 0 Å². The second-order valence-electron chi connectivity index (χ2n) is 6.71. The summed E-state index contributed by atoms with van der Waals surface area (Å²) in [7, 11) is 0. The minimum atomic E-state index is -0.159. The summed E-state index contributed by atoms with van der Waals surface area (Å²) in [4.78, 5) is 11.9. The lowest BCUT2D eigenvalue weighted by molar-refractivity contribution is -0.516. The molecule has 5 heteroatoms. The Kier molecular flexibility index (Phi) is 5.06. The first-order valence-corrected chi connectivity index (χ1v) is 7.84. The first-order chi connectivity index (χ1) is 10.4. The van der Waals surface area contributed by atoms with E-state index in [9.17, 15) is 4.79 Å². The molecule has 0 saturated carbocycles. The highest BCUT2D eigenvalue weighted by Gasteiger charge is 2.16. The third kappa shape index (κ3) is 4.48. The van der Waals surface area contributed by atoms with Gasteiger partial charge >= 0.3 is 6.03 Å². The maximum absolute atomic E-state index is 11.9. The quantitative estimate of drug-likeness (QED) is 0.747. The first-order valence-electron chi connectivity index (χ1n) is 7.84. The van der Waals surface area contributed by atoms with Gasteiger partial charge in [0.05, 0.1) is 6.54 Å². The third-order valence-corrected chi connectivity index (χ3v) is 3.91. The van der Waals surface area contributed by atoms with E-state index >= 15 is 0 Å². The molecule has 0 bridgehead atoms. The van der Waals surface area contributed by atoms with E-state index in [0.717, 1.165) is 25.3 Å². The van der Waals surface area contributed by atoms with Gasteiger partial charge in [-0.3, -0.25) is 9.89 Å². The molecule has 0 spiro atoms. The number of nitrogens with one attached hydrogen (secondary N) is 3. The van der Waals surface area contributed by atoms with Crippen LogP contribution in [0.1, 0.15) is 33.3 Å². The van der Waals surface area contributed by atoms with Gasteiger partial charge in [-0.05, 0) is 23.1 Å². The normalized spacial score (nSPS) is 14.7. The number of amides is 2. The topological polar surface area (TPSA) is 56.2 Å². The lowest BCUT2D eigenvalue weighted by Gasteiger charge is -2.19. The Labute approximate surface area is 132 Å². The number of urea groups is 1. The highest BCUT2D eigenvalue weighted by molar-refractivity contribution is 5.89. The number of rotatable bonds is 4. The lowest BCUT2D eigenvalue weighted by atomic mass is 9.87. The Bertz CT molecular complexity index is 555. The predicted molar refractivity (Wildman–Crippen MR) is 90.8 cm³/mol. The van der Waals surface area contributed by atoms with Crippen molar-refractivity contribution in [1.29, 1.82) is 0 Å². The van der Waals surface area contributed by atoms with E-state index in [2.05, 4.69) is 60.4 Å². The van der Waals surface area contributed by atoms with Gasteiger partial charge in [0.2, 0.25) is 5.84 Å². The molecule has 0 atom stereocenters. The van der Waals surface area contributed by atoms with Gasteiger partial charge in [-0.25, -0.2) is 4.79 Å². The summed E-state index contributed by atoms with van der Waals surface area (Å²) in [5, 5.41) is 9.04. The Morgan fingerprint density at radius 2 is 1.95 bits per heavy atom. The molecular weight excluding hydrogens is 276 g/mol. The lowest BCUT2D eigenvalue weighted by Crippen LogP contribution is -2.34. The molecule has 1 aromatic rings. The molecule has 1 aliphatic rings. The van der Waals surface area contributed by atoms with Gasteiger partial charge in [0, 0.05) is 12.6 Å². The van der Waals surface area contributed by atoms with E-state index in [-0.39, 0.29) is 11.4 Å². The van der Waals surface area contributed by atoms with Gasteiger partial charge in [-0.1, -0.05) is 32.9 Å². The van der Waals surface area contributed by atoms with Crippen molar-refractivity contribution in [3.8, 4) is 0 Å². The molecule has 2 rings (SSSR count). The molecule has 3 N–H and O–H groups in total. The van der Waals surface area contributed by atoms with E-state index in [1.54, 1.807) is 0 Å². The van der Waals surface area contributed by atoms with Crippen molar-refractivity contribution in [1.82, 2.24) is 10.6 Å². The molecule has 0 radical (unpaired) electrons. The fraction of sp³-hybridized carbons (Fsp3) is 0.529. The summed E-state index contributed by atoms with van der Waals surface area (Å²) in [6.07, 6.45) is 0. The van der Waals surface area contributed by atoms with Crippen molar-refractivity contribution in [2.24, 2.45) is 0 Å². The molecule has 120 valence electrons. The van der Waals surface area contributed by atoms with Gasteiger partial charge in [0.15, 0.2) is 0 Å². The number of amidine groups is 1. The van der Waals surface area contributed by atoms with Crippen molar-refractivity contribution < 1.29 is 9.37 Å². The minimum Gasteiger partial charge on any atom is -0.334 e. The second-order valence-corrected chi connectivity index (χ2v) is 6.71. The number of anilines is 1. The predicted octanol–water partition coefficient (Wildman–Crippen LogP) is 2.14. The van der Waals surface area contributed by atoms with Gasteiger partial charge in [-0.15, -0.1) is 0 Å². The van der Waals surface area contributed by atoms with Crippen LogP contribution in [0.15, 0.2) is 24.3 Å². The smallest absolute Gasteiger partial charge is 0.319 e. The van der Waals surface area contributed by atoms with Gasteiger partial charge in [-0.2, -0.15) is 0 Å². The van der Waals surface area contributed by atoms with Crippen LogP contribution in [0.25, 0.3) is 0 Å². The van der Waals surface area contributed by atoms with Gasteiger partial charge < -0.3 is 10.6 Å². The maximum Gasteiger partial charge on any atom is 0.319 e. The van der Waals surface area contributed by atoms with Crippen molar-refractivity contribution in [3.05, 3.63) is 29.8 Å². The molecule has 0 saturated heterocycles. The molecule has 2 amide bonds. The molecule has 22 heavy (non-hydrogen) atoms. The molecule has 1 aliphatic heterocycles. The summed E-state index contributed by atoms with van der Waals surface area (Å²) in [6, 6.07) is 7.85. The molecule has 1 heterocycles. The SMILES string of the molecule is CC1=[N+](CCNC(=O)Nc2ccc(C(C)(C)C)cc2)CCN1. The van der Waals surface area contributed by atoms with E-state index in [1.807, 2.05) is 12.1 Å². The van der Waals surface area contributed by atoms with Gasteiger partial charge in [0.1, 0.15) is 19.6 Å². The zero-order valence-electron chi connectivity index (χ0n) is 14.0. The van der Waals surface area contributed by atoms with Crippen molar-refractivity contribution >= 4 is 17.6 Å². The number of carbonyl (C=O) groups is 1. The fourth-order valence-electron chi connectivity index (χ4n) is 2.46. The molecular formula is C17H27N4O+. The van der Waals surface area contributed by atoms with Crippen LogP contribution in [-0.4, -0.2) is 42.6 Å². The average molecular weight is 303 g/mol. The number of nitrogens with zero attached hydrogens (tertiary/aromatic N) is 1. The Balaban J connectivity index is 1.78. The Morgan fingerprint density at radius 1 is 1.27 bits per heavy atom. The van der Waals surface area contributed by atoms with Crippen molar-refractivity contribution in [2.45, 2.75) is 33.1 Å². The van der Waals surface area contributed by atoms with Crippen LogP contribution in [0.2, 0.25) is 0 Å². The fourth-order valence-corrected chi connectivity index (χ4v) is 2.46. The van der Waals surface area contributed by atoms with E-state index in [0.29, 0.717) is 6.54 Å². The zero-order valence-corrected chi connectivity index (χ0v) is 14.0. The van der Waals surface area contributed by atoms with Crippen LogP contribution in [0.5, 0.6) is 0 Å². The van der Waals surface area contributed by atoms with Crippen molar-refractivity contribution in [2.75, 3.05) is 31.5 Å². The van der Waals surface area contributed by atoms with E-state index < -0.39 is 0 Å². The number of benzene rings is 1. The summed E-state index contributed by atoms with van der Waals surface area (Å²) < 4.78 is 2.23. The summed E-state index contributed by atoms with van der Waals surface area (Å²) in [5.74, 6) is 1.18. The second kappa shape index (κ2) is 6.81. The largest absolute Gasteiger partial charge is 0.334 e. The zero-order chi connectivity index (χ0) is 16.2. The van der Waals surface area contributed by atoms with E-state index in [4.69, 9.17) is 0 Å². The van der Waals surface area contributed by atoms with E-state index in [1.165, 1.54) is 11.4 Å². The summed E-state index contributed by atoms with van der Waals surface area (Å²) in [5.41, 5.74) is 2.20. The third-order valence-electron chi connectivity index (χ3n) is 3.91. The summed E-state index contributed by atoms with van der Waals surface area (Å²) in [6.45, 7) is 12.0. The Hall–Kier alpha value is -2.04. The van der Waals surface area contributed by atoms with Crippen LogP contribution >= 0.6 is 0 Å². The monoisotopic (exact) mass is 303 g/mol. The highest BCUT2D eigenvalue weighted by Crippen LogP contribution is 2.23. The molecule has 0 aliphatic carbocycles. The number of hydrogen-bond donors (Lipinski definition) is 3. The maximum atomic E-state index is 11.9. The van der Waals surface area contributed by atoms with Gasteiger partial charge in [0.25, 0.3) is 0 Å². The Morgan fingerprint density at radius 3 is 2.50 bits per heavy atom. The van der Waals surface area contributed by atoms with Crippen LogP contribution in [0.4, 0.5) is 10.5 Å². The van der Waals surface area contributed by atoms with Crippen LogP contribution in [0, 0.1) is 0 Å². The standard InChI is InChI=1S/C17H26N4O/c1-13-18-9-11-21(13)12-10-19-16(22)20-15-7-5-14(6-8-15)17(2,3)4/h5-8H,9-12H2,1-4H3,(H2,19,20,22)/p+1. The number of hydrogen-bond acceptors (Lipinski definition) is 2. The summed E-state index contributed by atoms with van der Waals surface area (Å²) >= 11 is 0. The molecule has 0 unspecified atom stereocenters. The van der Waals surface area contributed by atoms with Crippen LogP contribution in [0.3, 0.4) is 0 Å². The average Bonchev–Trinajstić information content (AvgIpc) is 2.84. The minimum absolute atomic E-state index is 0.124. The molecule has 5 nitrogen and oxygen atoms in total. The highest BCUT2D eigenvalue weighted by atomic mass is 16.2. The molecule has 1 aromatic carbocycles.